The quantitative estimate of drug-likeness (QED) is 0.539. The Morgan fingerprint density at radius 2 is 1.95 bits per heavy atom. The molecule has 1 saturated heterocycles. The number of nitro benzene ring substituents is 1. The molecule has 0 atom stereocenters. The van der Waals surface area contributed by atoms with Gasteiger partial charge in [0.25, 0.3) is 5.69 Å². The second-order valence-electron chi connectivity index (χ2n) is 5.06. The van der Waals surface area contributed by atoms with Gasteiger partial charge in [-0.2, -0.15) is 0 Å². The highest BCUT2D eigenvalue weighted by Crippen LogP contribution is 2.30. The van der Waals surface area contributed by atoms with Crippen molar-refractivity contribution in [2.75, 3.05) is 45.2 Å². The SMILES string of the molecule is CNS(=O)(=O)c1ccc(N2CC[NH+](C)CC2)c([N+](=O)[O-])c1. The van der Waals surface area contributed by atoms with Crippen molar-refractivity contribution >= 4 is 21.4 Å². The van der Waals surface area contributed by atoms with E-state index in [1.807, 2.05) is 4.90 Å². The maximum atomic E-state index is 11.8. The van der Waals surface area contributed by atoms with Crippen LogP contribution in [0.15, 0.2) is 23.1 Å². The van der Waals surface area contributed by atoms with Crippen LogP contribution in [0, 0.1) is 10.1 Å². The summed E-state index contributed by atoms with van der Waals surface area (Å²) in [5, 5.41) is 11.3. The maximum Gasteiger partial charge on any atom is 0.293 e. The molecule has 0 radical (unpaired) electrons. The molecule has 0 bridgehead atoms. The predicted molar refractivity (Wildman–Crippen MR) is 78.2 cm³/mol. The number of likely N-dealkylation sites (N-methyl/N-ethyl adjacent to an activating group) is 1. The van der Waals surface area contributed by atoms with E-state index in [1.54, 1.807) is 0 Å². The minimum Gasteiger partial charge on any atom is -0.355 e. The lowest BCUT2D eigenvalue weighted by Crippen LogP contribution is -3.12. The lowest BCUT2D eigenvalue weighted by molar-refractivity contribution is -0.880. The molecule has 21 heavy (non-hydrogen) atoms. The zero-order chi connectivity index (χ0) is 15.6. The van der Waals surface area contributed by atoms with E-state index in [-0.39, 0.29) is 10.6 Å². The Morgan fingerprint density at radius 3 is 2.48 bits per heavy atom. The van der Waals surface area contributed by atoms with Crippen molar-refractivity contribution in [3.8, 4) is 0 Å². The van der Waals surface area contributed by atoms with Gasteiger partial charge in [0, 0.05) is 6.07 Å². The summed E-state index contributed by atoms with van der Waals surface area (Å²) in [5.74, 6) is 0. The molecule has 1 aromatic carbocycles. The zero-order valence-electron chi connectivity index (χ0n) is 12.0. The number of piperazine rings is 1. The Labute approximate surface area is 123 Å². The Balaban J connectivity index is 2.41. The van der Waals surface area contributed by atoms with Crippen LogP contribution >= 0.6 is 0 Å². The summed E-state index contributed by atoms with van der Waals surface area (Å²) in [5.41, 5.74) is 0.299. The Morgan fingerprint density at radius 1 is 1.33 bits per heavy atom. The van der Waals surface area contributed by atoms with Crippen LogP contribution in [0.25, 0.3) is 0 Å². The maximum absolute atomic E-state index is 11.8. The van der Waals surface area contributed by atoms with Crippen LogP contribution in [0.2, 0.25) is 0 Å². The van der Waals surface area contributed by atoms with Gasteiger partial charge in [0.15, 0.2) is 0 Å². The van der Waals surface area contributed by atoms with Gasteiger partial charge >= 0.3 is 0 Å². The molecule has 8 nitrogen and oxygen atoms in total. The molecule has 1 aromatic rings. The summed E-state index contributed by atoms with van der Waals surface area (Å²) in [6.07, 6.45) is 0. The van der Waals surface area contributed by atoms with Crippen LogP contribution in [-0.4, -0.2) is 53.6 Å². The predicted octanol–water partition coefficient (Wildman–Crippen LogP) is -1.16. The van der Waals surface area contributed by atoms with Crippen LogP contribution < -0.4 is 14.5 Å². The van der Waals surface area contributed by atoms with Gasteiger partial charge in [0.05, 0.1) is 43.0 Å². The molecule has 2 N–H and O–H groups in total. The third-order valence-electron chi connectivity index (χ3n) is 3.68. The van der Waals surface area contributed by atoms with Crippen molar-refractivity contribution in [1.29, 1.82) is 0 Å². The van der Waals surface area contributed by atoms with E-state index < -0.39 is 14.9 Å². The Hall–Kier alpha value is -1.71. The van der Waals surface area contributed by atoms with Crippen molar-refractivity contribution in [2.45, 2.75) is 4.90 Å². The first-order chi connectivity index (χ1) is 9.85. The normalized spacial score (nSPS) is 17.0. The van der Waals surface area contributed by atoms with Gasteiger partial charge in [-0.05, 0) is 19.2 Å². The molecule has 0 saturated carbocycles. The molecular formula is C12H19N4O4S+. The molecule has 0 spiro atoms. The highest BCUT2D eigenvalue weighted by Gasteiger charge is 2.26. The fourth-order valence-corrected chi connectivity index (χ4v) is 3.08. The average molecular weight is 315 g/mol. The smallest absolute Gasteiger partial charge is 0.293 e. The van der Waals surface area contributed by atoms with Crippen molar-refractivity contribution in [2.24, 2.45) is 0 Å². The summed E-state index contributed by atoms with van der Waals surface area (Å²) in [4.78, 5) is 13.9. The number of quaternary nitrogens is 1. The molecule has 1 heterocycles. The summed E-state index contributed by atoms with van der Waals surface area (Å²) in [6.45, 7) is 3.22. The number of anilines is 1. The number of hydrogen-bond acceptors (Lipinski definition) is 5. The van der Waals surface area contributed by atoms with Gasteiger partial charge in [0.2, 0.25) is 10.0 Å². The fourth-order valence-electron chi connectivity index (χ4n) is 2.33. The second-order valence-corrected chi connectivity index (χ2v) is 6.95. The zero-order valence-corrected chi connectivity index (χ0v) is 12.8. The van der Waals surface area contributed by atoms with Gasteiger partial charge in [-0.3, -0.25) is 10.1 Å². The molecule has 0 aliphatic carbocycles. The minimum absolute atomic E-state index is 0.0970. The Kier molecular flexibility index (Phi) is 4.45. The molecule has 0 unspecified atom stereocenters. The van der Waals surface area contributed by atoms with Crippen LogP contribution in [0.1, 0.15) is 0 Å². The third-order valence-corrected chi connectivity index (χ3v) is 5.09. The second kappa shape index (κ2) is 5.96. The topological polar surface area (TPSA) is 97.0 Å². The first kappa shape index (κ1) is 15.7. The van der Waals surface area contributed by atoms with Gasteiger partial charge in [0.1, 0.15) is 5.69 Å². The largest absolute Gasteiger partial charge is 0.355 e. The van der Waals surface area contributed by atoms with Crippen molar-refractivity contribution in [3.05, 3.63) is 28.3 Å². The molecule has 1 aliphatic rings. The average Bonchev–Trinajstić information content (AvgIpc) is 2.47. The van der Waals surface area contributed by atoms with E-state index in [0.717, 1.165) is 19.2 Å². The van der Waals surface area contributed by atoms with Crippen molar-refractivity contribution < 1.29 is 18.2 Å². The number of nitrogens with one attached hydrogen (secondary N) is 2. The fraction of sp³-hybridized carbons (Fsp3) is 0.500. The molecule has 2 rings (SSSR count). The minimum atomic E-state index is -3.69. The van der Waals surface area contributed by atoms with E-state index in [9.17, 15) is 18.5 Å². The number of hydrogen-bond donors (Lipinski definition) is 2. The summed E-state index contributed by atoms with van der Waals surface area (Å²) >= 11 is 0. The molecule has 1 aliphatic heterocycles. The highest BCUT2D eigenvalue weighted by atomic mass is 32.2. The lowest BCUT2D eigenvalue weighted by Gasteiger charge is -2.31. The molecule has 9 heteroatoms. The first-order valence-corrected chi connectivity index (χ1v) is 8.11. The number of sulfonamides is 1. The van der Waals surface area contributed by atoms with Gasteiger partial charge in [-0.25, -0.2) is 13.1 Å². The number of nitro groups is 1. The number of nitrogens with zero attached hydrogens (tertiary/aromatic N) is 2. The lowest BCUT2D eigenvalue weighted by atomic mass is 10.2. The van der Waals surface area contributed by atoms with Crippen molar-refractivity contribution in [1.82, 2.24) is 4.72 Å². The van der Waals surface area contributed by atoms with E-state index >= 15 is 0 Å². The third kappa shape index (κ3) is 3.31. The van der Waals surface area contributed by atoms with Crippen molar-refractivity contribution in [3.63, 3.8) is 0 Å². The van der Waals surface area contributed by atoms with Gasteiger partial charge in [-0.15, -0.1) is 0 Å². The molecular weight excluding hydrogens is 296 g/mol. The monoisotopic (exact) mass is 315 g/mol. The molecule has 0 amide bonds. The van der Waals surface area contributed by atoms with E-state index in [4.69, 9.17) is 0 Å². The van der Waals surface area contributed by atoms with E-state index in [1.165, 1.54) is 24.1 Å². The summed E-state index contributed by atoms with van der Waals surface area (Å²) < 4.78 is 25.7. The van der Waals surface area contributed by atoms with Crippen LogP contribution in [0.3, 0.4) is 0 Å². The van der Waals surface area contributed by atoms with Gasteiger partial charge < -0.3 is 9.80 Å². The number of rotatable bonds is 4. The van der Waals surface area contributed by atoms with Crippen LogP contribution in [0.5, 0.6) is 0 Å². The molecule has 116 valence electrons. The van der Waals surface area contributed by atoms with Crippen LogP contribution in [0.4, 0.5) is 11.4 Å². The van der Waals surface area contributed by atoms with Gasteiger partial charge in [-0.1, -0.05) is 0 Å². The van der Waals surface area contributed by atoms with E-state index in [2.05, 4.69) is 11.8 Å². The number of benzene rings is 1. The van der Waals surface area contributed by atoms with E-state index in [0.29, 0.717) is 18.8 Å². The highest BCUT2D eigenvalue weighted by molar-refractivity contribution is 7.89. The molecule has 0 aromatic heterocycles. The Bertz CT molecular complexity index is 639. The standard InChI is InChI=1S/C12H18N4O4S/c1-13-21(19,20)10-3-4-11(12(9-10)16(17)18)15-7-5-14(2)6-8-15/h3-4,9,13H,5-8H2,1-2H3/p+1. The first-order valence-electron chi connectivity index (χ1n) is 6.63. The van der Waals surface area contributed by atoms with Crippen LogP contribution in [-0.2, 0) is 10.0 Å². The molecule has 1 fully saturated rings. The summed E-state index contributed by atoms with van der Waals surface area (Å²) in [6, 6.07) is 4.04. The summed E-state index contributed by atoms with van der Waals surface area (Å²) in [7, 11) is -0.334.